The second-order valence-electron chi connectivity index (χ2n) is 7.13. The number of rotatable bonds is 3. The summed E-state index contributed by atoms with van der Waals surface area (Å²) in [6, 6.07) is 0. The number of aliphatic carboxylic acids is 1. The van der Waals surface area contributed by atoms with Crippen molar-refractivity contribution in [3.8, 4) is 0 Å². The van der Waals surface area contributed by atoms with Crippen molar-refractivity contribution >= 4 is 11.9 Å². The average Bonchev–Trinajstić information content (AvgIpc) is 2.41. The highest BCUT2D eigenvalue weighted by molar-refractivity contribution is 5.77. The van der Waals surface area contributed by atoms with E-state index >= 15 is 0 Å². The van der Waals surface area contributed by atoms with Gasteiger partial charge >= 0.3 is 5.97 Å². The molecular weight excluding hydrogens is 254 g/mol. The number of carboxylic acid groups (broad SMARTS) is 1. The molecular formula is C16H27NO3. The molecule has 1 atom stereocenters. The fourth-order valence-electron chi connectivity index (χ4n) is 3.66. The molecule has 0 bridgehead atoms. The zero-order chi connectivity index (χ0) is 14.8. The Morgan fingerprint density at radius 3 is 2.35 bits per heavy atom. The molecule has 2 aliphatic rings. The van der Waals surface area contributed by atoms with Gasteiger partial charge in [-0.05, 0) is 37.0 Å². The number of carbonyl (C=O) groups is 2. The molecule has 1 saturated heterocycles. The Morgan fingerprint density at radius 1 is 1.15 bits per heavy atom. The van der Waals surface area contributed by atoms with E-state index in [9.17, 15) is 9.59 Å². The lowest BCUT2D eigenvalue weighted by Gasteiger charge is -2.40. The first-order valence-corrected chi connectivity index (χ1v) is 7.91. The summed E-state index contributed by atoms with van der Waals surface area (Å²) in [6.45, 7) is 5.79. The Bertz CT molecular complexity index is 370. The summed E-state index contributed by atoms with van der Waals surface area (Å²) >= 11 is 0. The fraction of sp³-hybridized carbons (Fsp3) is 0.875. The van der Waals surface area contributed by atoms with Crippen LogP contribution in [0.5, 0.6) is 0 Å². The van der Waals surface area contributed by atoms with Gasteiger partial charge in [-0.3, -0.25) is 9.59 Å². The standard InChI is InChI=1S/C16H27NO3/c1-16(2)8-4-3-5-13(16)11-14(18)17-9-6-12(7-10-17)15(19)20/h12-13H,3-11H2,1-2H3,(H,19,20). The van der Waals surface area contributed by atoms with E-state index in [-0.39, 0.29) is 17.2 Å². The molecule has 0 spiro atoms. The van der Waals surface area contributed by atoms with Crippen molar-refractivity contribution in [3.63, 3.8) is 0 Å². The third-order valence-corrected chi connectivity index (χ3v) is 5.35. The lowest BCUT2D eigenvalue weighted by molar-refractivity contribution is -0.146. The van der Waals surface area contributed by atoms with Crippen LogP contribution in [0.1, 0.15) is 58.8 Å². The molecule has 1 unspecified atom stereocenters. The molecule has 2 rings (SSSR count). The average molecular weight is 281 g/mol. The SMILES string of the molecule is CC1(C)CCCCC1CC(=O)N1CCC(C(=O)O)CC1. The third kappa shape index (κ3) is 3.53. The summed E-state index contributed by atoms with van der Waals surface area (Å²) in [7, 11) is 0. The van der Waals surface area contributed by atoms with Crippen LogP contribution in [0.15, 0.2) is 0 Å². The lowest BCUT2D eigenvalue weighted by atomic mass is 9.67. The van der Waals surface area contributed by atoms with Gasteiger partial charge in [0, 0.05) is 19.5 Å². The van der Waals surface area contributed by atoms with Crippen LogP contribution in [-0.4, -0.2) is 35.0 Å². The molecule has 1 saturated carbocycles. The van der Waals surface area contributed by atoms with Crippen molar-refractivity contribution in [3.05, 3.63) is 0 Å². The van der Waals surface area contributed by atoms with Gasteiger partial charge in [0.1, 0.15) is 0 Å². The topological polar surface area (TPSA) is 57.6 Å². The van der Waals surface area contributed by atoms with Crippen LogP contribution in [0.4, 0.5) is 0 Å². The molecule has 20 heavy (non-hydrogen) atoms. The van der Waals surface area contributed by atoms with Crippen molar-refractivity contribution in [2.45, 2.75) is 58.8 Å². The van der Waals surface area contributed by atoms with Crippen molar-refractivity contribution < 1.29 is 14.7 Å². The first-order valence-electron chi connectivity index (χ1n) is 7.91. The summed E-state index contributed by atoms with van der Waals surface area (Å²) in [6.07, 6.45) is 6.75. The quantitative estimate of drug-likeness (QED) is 0.865. The van der Waals surface area contributed by atoms with E-state index in [0.29, 0.717) is 38.3 Å². The van der Waals surface area contributed by atoms with Crippen LogP contribution in [0.2, 0.25) is 0 Å². The minimum Gasteiger partial charge on any atom is -0.481 e. The molecule has 1 heterocycles. The van der Waals surface area contributed by atoms with Crippen molar-refractivity contribution in [1.29, 1.82) is 0 Å². The van der Waals surface area contributed by atoms with Gasteiger partial charge in [0.25, 0.3) is 0 Å². The molecule has 4 nitrogen and oxygen atoms in total. The predicted octanol–water partition coefficient (Wildman–Crippen LogP) is 2.92. The Kier molecular flexibility index (Phi) is 4.71. The summed E-state index contributed by atoms with van der Waals surface area (Å²) in [5.41, 5.74) is 0.271. The van der Waals surface area contributed by atoms with E-state index in [1.165, 1.54) is 19.3 Å². The Morgan fingerprint density at radius 2 is 1.80 bits per heavy atom. The molecule has 0 aromatic heterocycles. The van der Waals surface area contributed by atoms with Gasteiger partial charge in [0.05, 0.1) is 5.92 Å². The van der Waals surface area contributed by atoms with Gasteiger partial charge in [-0.25, -0.2) is 0 Å². The number of carboxylic acids is 1. The Balaban J connectivity index is 1.85. The van der Waals surface area contributed by atoms with Gasteiger partial charge in [-0.2, -0.15) is 0 Å². The number of piperidine rings is 1. The number of hydrogen-bond acceptors (Lipinski definition) is 2. The van der Waals surface area contributed by atoms with Gasteiger partial charge in [-0.1, -0.05) is 26.7 Å². The molecule has 1 aliphatic carbocycles. The number of nitrogens with zero attached hydrogens (tertiary/aromatic N) is 1. The number of hydrogen-bond donors (Lipinski definition) is 1. The summed E-state index contributed by atoms with van der Waals surface area (Å²) in [5, 5.41) is 8.99. The molecule has 1 aliphatic heterocycles. The van der Waals surface area contributed by atoms with Crippen LogP contribution < -0.4 is 0 Å². The largest absolute Gasteiger partial charge is 0.481 e. The monoisotopic (exact) mass is 281 g/mol. The first-order chi connectivity index (χ1) is 9.40. The smallest absolute Gasteiger partial charge is 0.306 e. The summed E-state index contributed by atoms with van der Waals surface area (Å²) < 4.78 is 0. The van der Waals surface area contributed by atoms with Crippen LogP contribution >= 0.6 is 0 Å². The van der Waals surface area contributed by atoms with E-state index < -0.39 is 5.97 Å². The van der Waals surface area contributed by atoms with Crippen LogP contribution in [0.25, 0.3) is 0 Å². The van der Waals surface area contributed by atoms with Crippen molar-refractivity contribution in [2.24, 2.45) is 17.3 Å². The van der Waals surface area contributed by atoms with E-state index in [2.05, 4.69) is 13.8 Å². The van der Waals surface area contributed by atoms with Crippen molar-refractivity contribution in [1.82, 2.24) is 4.90 Å². The normalized spacial score (nSPS) is 27.3. The maximum atomic E-state index is 12.4. The van der Waals surface area contributed by atoms with Gasteiger partial charge < -0.3 is 10.0 Å². The fourth-order valence-corrected chi connectivity index (χ4v) is 3.66. The molecule has 2 fully saturated rings. The van der Waals surface area contributed by atoms with E-state index in [1.807, 2.05) is 4.90 Å². The lowest BCUT2D eigenvalue weighted by Crippen LogP contribution is -2.42. The molecule has 0 aromatic rings. The van der Waals surface area contributed by atoms with Crippen LogP contribution in [0.3, 0.4) is 0 Å². The van der Waals surface area contributed by atoms with Gasteiger partial charge in [0.2, 0.25) is 5.91 Å². The minimum atomic E-state index is -0.717. The third-order valence-electron chi connectivity index (χ3n) is 5.35. The zero-order valence-electron chi connectivity index (χ0n) is 12.7. The van der Waals surface area contributed by atoms with E-state index in [0.717, 1.165) is 6.42 Å². The van der Waals surface area contributed by atoms with Gasteiger partial charge in [0.15, 0.2) is 0 Å². The second kappa shape index (κ2) is 6.15. The van der Waals surface area contributed by atoms with Gasteiger partial charge in [-0.15, -0.1) is 0 Å². The van der Waals surface area contributed by atoms with E-state index in [1.54, 1.807) is 0 Å². The molecule has 114 valence electrons. The molecule has 0 aromatic carbocycles. The Hall–Kier alpha value is -1.06. The van der Waals surface area contributed by atoms with Crippen molar-refractivity contribution in [2.75, 3.05) is 13.1 Å². The summed E-state index contributed by atoms with van der Waals surface area (Å²) in [5.74, 6) is -0.259. The first kappa shape index (κ1) is 15.3. The highest BCUT2D eigenvalue weighted by Crippen LogP contribution is 2.42. The number of carbonyl (C=O) groups excluding carboxylic acids is 1. The molecule has 1 N–H and O–H groups in total. The Labute approximate surface area is 121 Å². The predicted molar refractivity (Wildman–Crippen MR) is 77.3 cm³/mol. The number of amides is 1. The molecule has 0 radical (unpaired) electrons. The second-order valence-corrected chi connectivity index (χ2v) is 7.13. The molecule has 4 heteroatoms. The highest BCUT2D eigenvalue weighted by Gasteiger charge is 2.35. The highest BCUT2D eigenvalue weighted by atomic mass is 16.4. The maximum Gasteiger partial charge on any atom is 0.306 e. The zero-order valence-corrected chi connectivity index (χ0v) is 12.7. The summed E-state index contributed by atoms with van der Waals surface area (Å²) in [4.78, 5) is 25.2. The maximum absolute atomic E-state index is 12.4. The number of likely N-dealkylation sites (tertiary alicyclic amines) is 1. The van der Waals surface area contributed by atoms with E-state index in [4.69, 9.17) is 5.11 Å². The van der Waals surface area contributed by atoms with Crippen LogP contribution in [-0.2, 0) is 9.59 Å². The van der Waals surface area contributed by atoms with Crippen LogP contribution in [0, 0.1) is 17.3 Å². The minimum absolute atomic E-state index is 0.230. The molecule has 1 amide bonds.